The highest BCUT2D eigenvalue weighted by Gasteiger charge is 2.07. The average molecular weight is 326 g/mol. The SMILES string of the molecule is Cc1ccc(C)n1CCC(=O)Nc1ccc2[nH]c(=O)c(=O)[nH]c2c1. The van der Waals surface area contributed by atoms with Crippen LogP contribution < -0.4 is 16.4 Å². The molecule has 0 bridgehead atoms. The van der Waals surface area contributed by atoms with E-state index in [9.17, 15) is 14.4 Å². The van der Waals surface area contributed by atoms with Gasteiger partial charge in [-0.2, -0.15) is 0 Å². The van der Waals surface area contributed by atoms with E-state index in [2.05, 4.69) is 19.9 Å². The minimum absolute atomic E-state index is 0.117. The molecule has 3 aromatic rings. The highest BCUT2D eigenvalue weighted by atomic mass is 16.2. The molecule has 3 rings (SSSR count). The molecule has 0 radical (unpaired) electrons. The topological polar surface area (TPSA) is 99.8 Å². The van der Waals surface area contributed by atoms with Crippen LogP contribution in [-0.4, -0.2) is 20.4 Å². The molecule has 2 aromatic heterocycles. The molecule has 0 saturated heterocycles. The van der Waals surface area contributed by atoms with Gasteiger partial charge in [0.1, 0.15) is 0 Å². The summed E-state index contributed by atoms with van der Waals surface area (Å²) >= 11 is 0. The molecule has 0 saturated carbocycles. The van der Waals surface area contributed by atoms with Crippen molar-refractivity contribution >= 4 is 22.6 Å². The third-order valence-electron chi connectivity index (χ3n) is 3.99. The zero-order valence-electron chi connectivity index (χ0n) is 13.5. The van der Waals surface area contributed by atoms with Crippen molar-refractivity contribution in [1.82, 2.24) is 14.5 Å². The number of hydrogen-bond donors (Lipinski definition) is 3. The van der Waals surface area contributed by atoms with Crippen molar-refractivity contribution < 1.29 is 4.79 Å². The van der Waals surface area contributed by atoms with Gasteiger partial charge in [0, 0.05) is 30.0 Å². The summed E-state index contributed by atoms with van der Waals surface area (Å²) in [4.78, 5) is 39.8. The number of fused-ring (bicyclic) bond motifs is 1. The largest absolute Gasteiger partial charge is 0.349 e. The lowest BCUT2D eigenvalue weighted by Crippen LogP contribution is -2.28. The fourth-order valence-corrected chi connectivity index (χ4v) is 2.68. The van der Waals surface area contributed by atoms with Gasteiger partial charge in [0.25, 0.3) is 0 Å². The van der Waals surface area contributed by atoms with Gasteiger partial charge < -0.3 is 19.9 Å². The van der Waals surface area contributed by atoms with Crippen LogP contribution in [0.25, 0.3) is 11.0 Å². The number of carbonyl (C=O) groups is 1. The maximum Gasteiger partial charge on any atom is 0.314 e. The lowest BCUT2D eigenvalue weighted by Gasteiger charge is -2.10. The summed E-state index contributed by atoms with van der Waals surface area (Å²) in [5.41, 5.74) is 2.36. The Balaban J connectivity index is 1.72. The minimum Gasteiger partial charge on any atom is -0.349 e. The summed E-state index contributed by atoms with van der Waals surface area (Å²) in [5.74, 6) is -0.117. The number of aromatic amines is 2. The Morgan fingerprint density at radius 1 is 1.00 bits per heavy atom. The first-order chi connectivity index (χ1) is 11.4. The van der Waals surface area contributed by atoms with Crippen LogP contribution in [0.1, 0.15) is 17.8 Å². The summed E-state index contributed by atoms with van der Waals surface area (Å²) in [6.07, 6.45) is 0.344. The molecular formula is C17H18N4O3. The third kappa shape index (κ3) is 3.15. The normalized spacial score (nSPS) is 10.9. The van der Waals surface area contributed by atoms with Crippen molar-refractivity contribution in [2.45, 2.75) is 26.8 Å². The van der Waals surface area contributed by atoms with Crippen LogP contribution in [0.15, 0.2) is 39.9 Å². The smallest absolute Gasteiger partial charge is 0.314 e. The van der Waals surface area contributed by atoms with Crippen LogP contribution in [0.5, 0.6) is 0 Å². The van der Waals surface area contributed by atoms with Crippen LogP contribution in [0, 0.1) is 13.8 Å². The Bertz CT molecular complexity index is 1010. The van der Waals surface area contributed by atoms with Crippen molar-refractivity contribution in [2.75, 3.05) is 5.32 Å². The molecule has 24 heavy (non-hydrogen) atoms. The number of nitrogens with zero attached hydrogens (tertiary/aromatic N) is 1. The number of benzene rings is 1. The molecule has 0 aliphatic heterocycles. The number of aromatic nitrogens is 3. The second-order valence-electron chi connectivity index (χ2n) is 5.73. The Kier molecular flexibility index (Phi) is 4.07. The molecule has 124 valence electrons. The van der Waals surface area contributed by atoms with Gasteiger partial charge in [-0.3, -0.25) is 14.4 Å². The average Bonchev–Trinajstić information content (AvgIpc) is 2.85. The van der Waals surface area contributed by atoms with E-state index in [0.717, 1.165) is 11.4 Å². The molecular weight excluding hydrogens is 308 g/mol. The van der Waals surface area contributed by atoms with Crippen molar-refractivity contribution in [2.24, 2.45) is 0 Å². The zero-order valence-corrected chi connectivity index (χ0v) is 13.5. The standard InChI is InChI=1S/C17H18N4O3/c1-10-3-4-11(2)21(10)8-7-15(22)18-12-5-6-13-14(9-12)20-17(24)16(23)19-13/h3-6,9H,7-8H2,1-2H3,(H,18,22)(H,19,23)(H,20,24). The molecule has 2 heterocycles. The minimum atomic E-state index is -0.718. The summed E-state index contributed by atoms with van der Waals surface area (Å²) in [6.45, 7) is 4.62. The lowest BCUT2D eigenvalue weighted by atomic mass is 10.2. The highest BCUT2D eigenvalue weighted by molar-refractivity contribution is 5.92. The number of hydrogen-bond acceptors (Lipinski definition) is 3. The maximum atomic E-state index is 12.1. The van der Waals surface area contributed by atoms with E-state index in [4.69, 9.17) is 0 Å². The third-order valence-corrected chi connectivity index (χ3v) is 3.99. The molecule has 7 heteroatoms. The van der Waals surface area contributed by atoms with Gasteiger partial charge in [-0.25, -0.2) is 0 Å². The molecule has 0 aliphatic rings. The fraction of sp³-hybridized carbons (Fsp3) is 0.235. The number of carbonyl (C=O) groups excluding carboxylic acids is 1. The molecule has 0 spiro atoms. The van der Waals surface area contributed by atoms with E-state index in [0.29, 0.717) is 29.7 Å². The van der Waals surface area contributed by atoms with Gasteiger partial charge in [0.15, 0.2) is 0 Å². The van der Waals surface area contributed by atoms with E-state index >= 15 is 0 Å². The molecule has 0 atom stereocenters. The number of rotatable bonds is 4. The number of aryl methyl sites for hydroxylation is 2. The molecule has 0 fully saturated rings. The Hall–Kier alpha value is -3.09. The van der Waals surface area contributed by atoms with E-state index < -0.39 is 11.1 Å². The first-order valence-electron chi connectivity index (χ1n) is 7.63. The molecule has 3 N–H and O–H groups in total. The summed E-state index contributed by atoms with van der Waals surface area (Å²) in [5, 5.41) is 2.80. The van der Waals surface area contributed by atoms with Crippen molar-refractivity contribution in [1.29, 1.82) is 0 Å². The lowest BCUT2D eigenvalue weighted by molar-refractivity contribution is -0.116. The van der Waals surface area contributed by atoms with Gasteiger partial charge in [0.05, 0.1) is 11.0 Å². The maximum absolute atomic E-state index is 12.1. The highest BCUT2D eigenvalue weighted by Crippen LogP contribution is 2.14. The monoisotopic (exact) mass is 326 g/mol. The van der Waals surface area contributed by atoms with E-state index in [1.165, 1.54) is 0 Å². The van der Waals surface area contributed by atoms with Crippen LogP contribution in [-0.2, 0) is 11.3 Å². The van der Waals surface area contributed by atoms with Gasteiger partial charge >= 0.3 is 11.1 Å². The van der Waals surface area contributed by atoms with Crippen molar-refractivity contribution in [3.8, 4) is 0 Å². The number of nitrogens with one attached hydrogen (secondary N) is 3. The van der Waals surface area contributed by atoms with Gasteiger partial charge in [-0.05, 0) is 44.2 Å². The Morgan fingerprint density at radius 2 is 1.62 bits per heavy atom. The summed E-state index contributed by atoms with van der Waals surface area (Å²) < 4.78 is 2.09. The van der Waals surface area contributed by atoms with Crippen LogP contribution in [0.2, 0.25) is 0 Å². The Morgan fingerprint density at radius 3 is 2.29 bits per heavy atom. The van der Waals surface area contributed by atoms with Gasteiger partial charge in [-0.15, -0.1) is 0 Å². The van der Waals surface area contributed by atoms with Gasteiger partial charge in [-0.1, -0.05) is 0 Å². The second kappa shape index (κ2) is 6.19. The van der Waals surface area contributed by atoms with Crippen LogP contribution >= 0.6 is 0 Å². The number of H-pyrrole nitrogens is 2. The molecule has 0 aliphatic carbocycles. The van der Waals surface area contributed by atoms with E-state index in [1.807, 2.05) is 26.0 Å². The molecule has 1 amide bonds. The quantitative estimate of drug-likeness (QED) is 0.636. The Labute approximate surface area is 137 Å². The predicted molar refractivity (Wildman–Crippen MR) is 92.3 cm³/mol. The van der Waals surface area contributed by atoms with E-state index in [1.54, 1.807) is 18.2 Å². The van der Waals surface area contributed by atoms with Crippen molar-refractivity contribution in [3.05, 3.63) is 62.4 Å². The molecule has 0 unspecified atom stereocenters. The summed E-state index contributed by atoms with van der Waals surface area (Å²) in [6, 6.07) is 8.99. The second-order valence-corrected chi connectivity index (χ2v) is 5.73. The first-order valence-corrected chi connectivity index (χ1v) is 7.63. The number of amides is 1. The van der Waals surface area contributed by atoms with Crippen LogP contribution in [0.3, 0.4) is 0 Å². The van der Waals surface area contributed by atoms with Crippen LogP contribution in [0.4, 0.5) is 5.69 Å². The van der Waals surface area contributed by atoms with Gasteiger partial charge in [0.2, 0.25) is 5.91 Å². The van der Waals surface area contributed by atoms with Crippen molar-refractivity contribution in [3.63, 3.8) is 0 Å². The first kappa shape index (κ1) is 15.8. The predicted octanol–water partition coefficient (Wildman–Crippen LogP) is 1.66. The molecule has 1 aromatic carbocycles. The number of anilines is 1. The molecule has 7 nitrogen and oxygen atoms in total. The summed E-state index contributed by atoms with van der Waals surface area (Å²) in [7, 11) is 0. The fourth-order valence-electron chi connectivity index (χ4n) is 2.68. The van der Waals surface area contributed by atoms with E-state index in [-0.39, 0.29) is 5.91 Å². The zero-order chi connectivity index (χ0) is 17.3.